The van der Waals surface area contributed by atoms with Gasteiger partial charge < -0.3 is 10.4 Å². The topological polar surface area (TPSA) is 76.3 Å². The largest absolute Gasteiger partial charge is 0.493 e. The van der Waals surface area contributed by atoms with E-state index >= 15 is 0 Å². The maximum absolute atomic E-state index is 13.2. The Labute approximate surface area is 171 Å². The molecule has 0 unspecified atom stereocenters. The summed E-state index contributed by atoms with van der Waals surface area (Å²) in [6, 6.07) is 24.1. The summed E-state index contributed by atoms with van der Waals surface area (Å²) in [5.74, 6) is -1.16. The van der Waals surface area contributed by atoms with Crippen LogP contribution in [0.1, 0.15) is 10.4 Å². The Kier molecular flexibility index (Phi) is 4.93. The highest BCUT2D eigenvalue weighted by Crippen LogP contribution is 2.24. The fourth-order valence-corrected chi connectivity index (χ4v) is 3.15. The third-order valence-electron chi connectivity index (χ3n) is 4.36. The zero-order valence-corrected chi connectivity index (χ0v) is 15.9. The summed E-state index contributed by atoms with van der Waals surface area (Å²) in [6.07, 6.45) is 0. The molecular weight excluding hydrogens is 390 g/mol. The van der Waals surface area contributed by atoms with Crippen LogP contribution in [0.4, 0.5) is 5.69 Å². The van der Waals surface area contributed by atoms with Gasteiger partial charge in [-0.15, -0.1) is 0 Å². The van der Waals surface area contributed by atoms with E-state index < -0.39 is 17.3 Å². The number of nitrogens with one attached hydrogen (secondary N) is 1. The highest BCUT2D eigenvalue weighted by Gasteiger charge is 2.27. The third-order valence-corrected chi connectivity index (χ3v) is 4.61. The minimum absolute atomic E-state index is 0.354. The predicted octanol–water partition coefficient (Wildman–Crippen LogP) is 4.24. The number of benzene rings is 3. The molecule has 0 fully saturated rings. The fraction of sp³-hybridized carbons (Fsp3) is 0. The number of rotatable bonds is 4. The zero-order valence-electron chi connectivity index (χ0n) is 15.1. The second-order valence-corrected chi connectivity index (χ2v) is 6.70. The lowest BCUT2D eigenvalue weighted by Crippen LogP contribution is -2.25. The van der Waals surface area contributed by atoms with Gasteiger partial charge in [0.05, 0.1) is 11.4 Å². The van der Waals surface area contributed by atoms with Crippen LogP contribution in [0, 0.1) is 0 Å². The van der Waals surface area contributed by atoms with Gasteiger partial charge in [-0.1, -0.05) is 48.0 Å². The van der Waals surface area contributed by atoms with E-state index in [0.29, 0.717) is 22.1 Å². The van der Waals surface area contributed by atoms with Crippen LogP contribution in [-0.4, -0.2) is 20.4 Å². The Balaban J connectivity index is 1.87. The molecule has 144 valence electrons. The smallest absolute Gasteiger partial charge is 0.288 e. The summed E-state index contributed by atoms with van der Waals surface area (Å²) < 4.78 is 2.58. The number of carbonyl (C=O) groups excluding carboxylic acids is 1. The molecule has 3 aromatic carbocycles. The van der Waals surface area contributed by atoms with Gasteiger partial charge >= 0.3 is 0 Å². The number of carbonyl (C=O) groups is 1. The summed E-state index contributed by atoms with van der Waals surface area (Å²) >= 11 is 5.87. The van der Waals surface area contributed by atoms with Gasteiger partial charge in [0.25, 0.3) is 11.5 Å². The van der Waals surface area contributed by atoms with Crippen molar-refractivity contribution in [3.05, 3.63) is 106 Å². The molecule has 2 N–H and O–H groups in total. The SMILES string of the molecule is O=C(Nc1ccc(Cl)cc1)c1c(O)n(-c2ccccc2)n(-c2ccccc2)c1=O. The van der Waals surface area contributed by atoms with E-state index in [2.05, 4.69) is 5.32 Å². The maximum atomic E-state index is 13.2. The molecular formula is C22H16ClN3O3. The number of amides is 1. The van der Waals surface area contributed by atoms with Crippen LogP contribution in [0.2, 0.25) is 5.02 Å². The van der Waals surface area contributed by atoms with E-state index in [1.165, 1.54) is 9.36 Å². The molecule has 1 heterocycles. The molecule has 1 aromatic heterocycles. The first-order valence-corrected chi connectivity index (χ1v) is 9.19. The van der Waals surface area contributed by atoms with Crippen molar-refractivity contribution >= 4 is 23.2 Å². The fourth-order valence-electron chi connectivity index (χ4n) is 3.03. The van der Waals surface area contributed by atoms with Gasteiger partial charge in [-0.05, 0) is 48.5 Å². The maximum Gasteiger partial charge on any atom is 0.288 e. The first-order valence-electron chi connectivity index (χ1n) is 8.81. The van der Waals surface area contributed by atoms with E-state index in [1.807, 2.05) is 12.1 Å². The Morgan fingerprint density at radius 2 is 1.31 bits per heavy atom. The number of anilines is 1. The van der Waals surface area contributed by atoms with Crippen molar-refractivity contribution in [2.24, 2.45) is 0 Å². The van der Waals surface area contributed by atoms with Gasteiger partial charge in [0, 0.05) is 10.7 Å². The molecule has 29 heavy (non-hydrogen) atoms. The molecule has 4 rings (SSSR count). The van der Waals surface area contributed by atoms with Crippen molar-refractivity contribution in [2.75, 3.05) is 5.32 Å². The third kappa shape index (κ3) is 3.53. The summed E-state index contributed by atoms with van der Waals surface area (Å²) in [5, 5.41) is 14.0. The van der Waals surface area contributed by atoms with Crippen LogP contribution < -0.4 is 10.9 Å². The molecule has 0 aliphatic rings. The monoisotopic (exact) mass is 405 g/mol. The molecule has 7 heteroatoms. The summed E-state index contributed by atoms with van der Waals surface area (Å²) in [4.78, 5) is 26.0. The van der Waals surface area contributed by atoms with E-state index in [-0.39, 0.29) is 5.56 Å². The van der Waals surface area contributed by atoms with Gasteiger partial charge in [0.2, 0.25) is 5.88 Å². The Hall–Kier alpha value is -3.77. The number of para-hydroxylation sites is 2. The molecule has 0 spiro atoms. The van der Waals surface area contributed by atoms with Crippen molar-refractivity contribution in [3.63, 3.8) is 0 Å². The minimum Gasteiger partial charge on any atom is -0.493 e. The molecule has 0 aliphatic carbocycles. The molecule has 0 radical (unpaired) electrons. The molecule has 6 nitrogen and oxygen atoms in total. The number of halogens is 1. The molecule has 0 bridgehead atoms. The molecule has 0 atom stereocenters. The highest BCUT2D eigenvalue weighted by atomic mass is 35.5. The van der Waals surface area contributed by atoms with Crippen LogP contribution in [-0.2, 0) is 0 Å². The predicted molar refractivity (Wildman–Crippen MR) is 112 cm³/mol. The van der Waals surface area contributed by atoms with E-state index in [9.17, 15) is 14.7 Å². The van der Waals surface area contributed by atoms with Gasteiger partial charge in [-0.3, -0.25) is 9.59 Å². The van der Waals surface area contributed by atoms with E-state index in [1.54, 1.807) is 72.8 Å². The van der Waals surface area contributed by atoms with Crippen LogP contribution in [0.5, 0.6) is 5.88 Å². The van der Waals surface area contributed by atoms with Crippen molar-refractivity contribution in [3.8, 4) is 17.3 Å². The van der Waals surface area contributed by atoms with Crippen molar-refractivity contribution < 1.29 is 9.90 Å². The van der Waals surface area contributed by atoms with Crippen molar-refractivity contribution in [1.82, 2.24) is 9.36 Å². The quantitative estimate of drug-likeness (QED) is 0.533. The first-order chi connectivity index (χ1) is 14.1. The average Bonchev–Trinajstić information content (AvgIpc) is 3.01. The Morgan fingerprint density at radius 1 is 0.793 bits per heavy atom. The average molecular weight is 406 g/mol. The van der Waals surface area contributed by atoms with Crippen LogP contribution in [0.15, 0.2) is 89.7 Å². The highest BCUT2D eigenvalue weighted by molar-refractivity contribution is 6.30. The van der Waals surface area contributed by atoms with Gasteiger partial charge in [-0.2, -0.15) is 0 Å². The number of hydrogen-bond donors (Lipinski definition) is 2. The van der Waals surface area contributed by atoms with Crippen molar-refractivity contribution in [1.29, 1.82) is 0 Å². The molecule has 0 saturated carbocycles. The number of aromatic hydroxyl groups is 1. The van der Waals surface area contributed by atoms with Crippen LogP contribution >= 0.6 is 11.6 Å². The number of aromatic nitrogens is 2. The molecule has 4 aromatic rings. The van der Waals surface area contributed by atoms with Crippen LogP contribution in [0.25, 0.3) is 11.4 Å². The molecule has 0 saturated heterocycles. The Morgan fingerprint density at radius 3 is 1.86 bits per heavy atom. The van der Waals surface area contributed by atoms with Crippen molar-refractivity contribution in [2.45, 2.75) is 0 Å². The second kappa shape index (κ2) is 7.69. The summed E-state index contributed by atoms with van der Waals surface area (Å²) in [5.41, 5.74) is 0.521. The normalized spacial score (nSPS) is 10.7. The van der Waals surface area contributed by atoms with E-state index in [4.69, 9.17) is 11.6 Å². The first kappa shape index (κ1) is 18.6. The molecule has 1 amide bonds. The summed E-state index contributed by atoms with van der Waals surface area (Å²) in [7, 11) is 0. The lowest BCUT2D eigenvalue weighted by atomic mass is 10.2. The lowest BCUT2D eigenvalue weighted by molar-refractivity contribution is 0.102. The van der Waals surface area contributed by atoms with Gasteiger partial charge in [0.15, 0.2) is 5.56 Å². The summed E-state index contributed by atoms with van der Waals surface area (Å²) in [6.45, 7) is 0. The number of hydrogen-bond acceptors (Lipinski definition) is 3. The van der Waals surface area contributed by atoms with Gasteiger partial charge in [-0.25, -0.2) is 9.36 Å². The lowest BCUT2D eigenvalue weighted by Gasteiger charge is -2.12. The van der Waals surface area contributed by atoms with Crippen LogP contribution in [0.3, 0.4) is 0 Å². The number of nitrogens with zero attached hydrogens (tertiary/aromatic N) is 2. The van der Waals surface area contributed by atoms with Gasteiger partial charge in [0.1, 0.15) is 0 Å². The zero-order chi connectivity index (χ0) is 20.4. The molecule has 0 aliphatic heterocycles. The van der Waals surface area contributed by atoms with E-state index in [0.717, 1.165) is 0 Å². The standard InChI is InChI=1S/C22H16ClN3O3/c23-15-11-13-16(14-12-15)24-20(27)19-21(28)25(17-7-3-1-4-8-17)26(22(19)29)18-9-5-2-6-10-18/h1-14,28H,(H,24,27). The minimum atomic E-state index is -0.714. The Bertz CT molecular complexity index is 1210. The second-order valence-electron chi connectivity index (χ2n) is 6.26.